The summed E-state index contributed by atoms with van der Waals surface area (Å²) in [4.78, 5) is 0. The van der Waals surface area contributed by atoms with Gasteiger partial charge < -0.3 is 4.52 Å². The maximum Gasteiger partial charge on any atom is 0.143 e. The molecule has 1 heterocycles. The minimum Gasteiger partial charge on any atom is -0.361 e. The van der Waals surface area contributed by atoms with Crippen LogP contribution in [0.1, 0.15) is 83.0 Å². The zero-order valence-electron chi connectivity index (χ0n) is 14.3. The molecule has 0 aliphatic heterocycles. The highest BCUT2D eigenvalue weighted by atomic mass is 16.5. The Morgan fingerprint density at radius 2 is 2.18 bits per heavy atom. The van der Waals surface area contributed by atoms with Crippen LogP contribution in [0.2, 0.25) is 0 Å². The van der Waals surface area contributed by atoms with Crippen molar-refractivity contribution in [2.24, 2.45) is 16.7 Å². The van der Waals surface area contributed by atoms with Gasteiger partial charge in [-0.3, -0.25) is 0 Å². The van der Waals surface area contributed by atoms with Gasteiger partial charge in [0, 0.05) is 11.5 Å². The Balaban J connectivity index is 1.82. The lowest BCUT2D eigenvalue weighted by Gasteiger charge is -2.57. The van der Waals surface area contributed by atoms with Crippen LogP contribution in [0.4, 0.5) is 0 Å². The molecule has 2 unspecified atom stereocenters. The molecule has 0 N–H and O–H groups in total. The van der Waals surface area contributed by atoms with Crippen molar-refractivity contribution in [2.45, 2.75) is 78.1 Å². The van der Waals surface area contributed by atoms with E-state index in [0.29, 0.717) is 16.7 Å². The molecule has 22 heavy (non-hydrogen) atoms. The van der Waals surface area contributed by atoms with Gasteiger partial charge in [0.1, 0.15) is 5.76 Å². The molecule has 4 atom stereocenters. The van der Waals surface area contributed by atoms with Crippen molar-refractivity contribution in [3.8, 4) is 0 Å². The number of hydrogen-bond acceptors (Lipinski definition) is 2. The molecule has 0 aromatic carbocycles. The fraction of sp³-hybridized carbons (Fsp3) is 0.750. The molecule has 1 aromatic heterocycles. The molecule has 0 bridgehead atoms. The molecule has 1 saturated carbocycles. The highest BCUT2D eigenvalue weighted by Crippen LogP contribution is 2.64. The van der Waals surface area contributed by atoms with E-state index in [-0.39, 0.29) is 0 Å². The van der Waals surface area contributed by atoms with Gasteiger partial charge in [0.05, 0.1) is 6.20 Å². The van der Waals surface area contributed by atoms with E-state index >= 15 is 0 Å². The van der Waals surface area contributed by atoms with Gasteiger partial charge in [-0.1, -0.05) is 44.0 Å². The summed E-state index contributed by atoms with van der Waals surface area (Å²) in [6, 6.07) is 0. The summed E-state index contributed by atoms with van der Waals surface area (Å²) in [5, 5.41) is 4.15. The van der Waals surface area contributed by atoms with Crippen molar-refractivity contribution < 1.29 is 4.52 Å². The number of rotatable bonds is 2. The van der Waals surface area contributed by atoms with E-state index in [9.17, 15) is 0 Å². The second kappa shape index (κ2) is 4.97. The first-order valence-electron chi connectivity index (χ1n) is 9.23. The summed E-state index contributed by atoms with van der Waals surface area (Å²) in [6.07, 6.45) is 15.0. The topological polar surface area (TPSA) is 26.0 Å². The molecule has 0 spiro atoms. The Kier molecular flexibility index (Phi) is 3.29. The van der Waals surface area contributed by atoms with Gasteiger partial charge in [-0.15, -0.1) is 0 Å². The molecule has 0 saturated heterocycles. The van der Waals surface area contributed by atoms with Crippen LogP contribution >= 0.6 is 0 Å². The van der Waals surface area contributed by atoms with Crippen molar-refractivity contribution in [3.63, 3.8) is 0 Å². The number of fused-ring (bicyclic) bond motifs is 4. The largest absolute Gasteiger partial charge is 0.361 e. The van der Waals surface area contributed by atoms with Gasteiger partial charge in [0.25, 0.3) is 0 Å². The average molecular weight is 299 g/mol. The third-order valence-electron chi connectivity index (χ3n) is 7.03. The molecule has 0 radical (unpaired) electrons. The van der Waals surface area contributed by atoms with E-state index in [0.717, 1.165) is 12.3 Å². The number of nitrogens with zero attached hydrogens (tertiary/aromatic N) is 1. The summed E-state index contributed by atoms with van der Waals surface area (Å²) >= 11 is 0. The standard InChI is InChI=1S/C20H29NO/c1-4-7-15-16-9-11-19(2)10-6-5-8-17(19)20(16,3)12-14-13-21-22-18(14)15/h8,13,15-16H,4-7,9-12H2,1-3H3/t15-,16?,19?,20+/m1/s1. The first-order valence-corrected chi connectivity index (χ1v) is 9.23. The normalized spacial score (nSPS) is 40.4. The SMILES string of the molecule is CCC[C@H]1c2oncc2C[C@]2(C)C3=CCCCC3(C)CCC12. The third kappa shape index (κ3) is 1.88. The minimum atomic E-state index is 0.325. The van der Waals surface area contributed by atoms with Crippen molar-refractivity contribution in [1.82, 2.24) is 5.16 Å². The Morgan fingerprint density at radius 1 is 1.32 bits per heavy atom. The second-order valence-corrected chi connectivity index (χ2v) is 8.42. The summed E-state index contributed by atoms with van der Waals surface area (Å²) < 4.78 is 5.71. The lowest BCUT2D eigenvalue weighted by atomic mass is 9.47. The monoisotopic (exact) mass is 299 g/mol. The van der Waals surface area contributed by atoms with E-state index < -0.39 is 0 Å². The number of hydrogen-bond donors (Lipinski definition) is 0. The Labute approximate surface area is 134 Å². The highest BCUT2D eigenvalue weighted by molar-refractivity contribution is 5.37. The van der Waals surface area contributed by atoms with E-state index in [1.165, 1.54) is 56.3 Å². The predicted molar refractivity (Wildman–Crippen MR) is 88.7 cm³/mol. The van der Waals surface area contributed by atoms with Crippen molar-refractivity contribution >= 4 is 0 Å². The summed E-state index contributed by atoms with van der Waals surface area (Å²) in [5.74, 6) is 2.53. The van der Waals surface area contributed by atoms with Gasteiger partial charge in [-0.05, 0) is 61.7 Å². The smallest absolute Gasteiger partial charge is 0.143 e. The first kappa shape index (κ1) is 14.5. The van der Waals surface area contributed by atoms with Crippen molar-refractivity contribution in [3.05, 3.63) is 29.2 Å². The van der Waals surface area contributed by atoms with Crippen LogP contribution in [-0.2, 0) is 6.42 Å². The van der Waals surface area contributed by atoms with Crippen LogP contribution in [-0.4, -0.2) is 5.16 Å². The van der Waals surface area contributed by atoms with Crippen LogP contribution in [0.25, 0.3) is 0 Å². The summed E-state index contributed by atoms with van der Waals surface area (Å²) in [6.45, 7) is 7.37. The lowest BCUT2D eigenvalue weighted by molar-refractivity contribution is 0.0518. The molecule has 3 aliphatic carbocycles. The van der Waals surface area contributed by atoms with Gasteiger partial charge in [-0.25, -0.2) is 0 Å². The van der Waals surface area contributed by atoms with Gasteiger partial charge >= 0.3 is 0 Å². The summed E-state index contributed by atoms with van der Waals surface area (Å²) in [7, 11) is 0. The van der Waals surface area contributed by atoms with E-state index in [2.05, 4.69) is 32.0 Å². The molecule has 3 aliphatic rings. The molecule has 1 aromatic rings. The Morgan fingerprint density at radius 3 is 3.00 bits per heavy atom. The first-order chi connectivity index (χ1) is 10.6. The maximum absolute atomic E-state index is 5.71. The third-order valence-corrected chi connectivity index (χ3v) is 7.03. The molecule has 4 rings (SSSR count). The van der Waals surface area contributed by atoms with E-state index in [4.69, 9.17) is 4.52 Å². The molecule has 2 nitrogen and oxygen atoms in total. The Hall–Kier alpha value is -1.05. The van der Waals surface area contributed by atoms with Crippen LogP contribution in [0, 0.1) is 16.7 Å². The lowest BCUT2D eigenvalue weighted by Crippen LogP contribution is -2.48. The minimum absolute atomic E-state index is 0.325. The highest BCUT2D eigenvalue weighted by Gasteiger charge is 2.55. The molecular weight excluding hydrogens is 270 g/mol. The fourth-order valence-corrected chi connectivity index (χ4v) is 6.10. The molecule has 1 fully saturated rings. The van der Waals surface area contributed by atoms with Gasteiger partial charge in [0.2, 0.25) is 0 Å². The van der Waals surface area contributed by atoms with Crippen LogP contribution in [0.3, 0.4) is 0 Å². The molecule has 0 amide bonds. The number of aromatic nitrogens is 1. The van der Waals surface area contributed by atoms with Crippen LogP contribution in [0.15, 0.2) is 22.4 Å². The molecular formula is C20H29NO. The molecule has 120 valence electrons. The second-order valence-electron chi connectivity index (χ2n) is 8.42. The van der Waals surface area contributed by atoms with Gasteiger partial charge in [0.15, 0.2) is 0 Å². The van der Waals surface area contributed by atoms with E-state index in [1.54, 1.807) is 5.57 Å². The summed E-state index contributed by atoms with van der Waals surface area (Å²) in [5.41, 5.74) is 3.93. The van der Waals surface area contributed by atoms with Crippen molar-refractivity contribution in [2.75, 3.05) is 0 Å². The predicted octanol–water partition coefficient (Wildman–Crippen LogP) is 5.65. The maximum atomic E-state index is 5.71. The molecule has 2 heteroatoms. The van der Waals surface area contributed by atoms with Crippen molar-refractivity contribution in [1.29, 1.82) is 0 Å². The quantitative estimate of drug-likeness (QED) is 0.660. The fourth-order valence-electron chi connectivity index (χ4n) is 6.10. The Bertz CT molecular complexity index is 601. The average Bonchev–Trinajstić information content (AvgIpc) is 2.94. The van der Waals surface area contributed by atoms with Gasteiger partial charge in [-0.2, -0.15) is 0 Å². The van der Waals surface area contributed by atoms with Crippen LogP contribution in [0.5, 0.6) is 0 Å². The van der Waals surface area contributed by atoms with Crippen LogP contribution < -0.4 is 0 Å². The zero-order valence-corrected chi connectivity index (χ0v) is 14.3. The number of allylic oxidation sites excluding steroid dienone is 2. The van der Waals surface area contributed by atoms with E-state index in [1.807, 2.05) is 6.20 Å². The zero-order chi connectivity index (χ0) is 15.4.